The fourth-order valence-corrected chi connectivity index (χ4v) is 3.82. The molecule has 1 N–H and O–H groups in total. The number of nitrogens with one attached hydrogen (secondary N) is 1. The number of amides is 1. The zero-order chi connectivity index (χ0) is 19.4. The van der Waals surface area contributed by atoms with Crippen LogP contribution >= 0.6 is 0 Å². The third-order valence-corrected chi connectivity index (χ3v) is 5.42. The SMILES string of the molecule is CCCc1nn(-c2ccc(F)cc2)c(CC)c1C(=O)N1CC[NH+](CC)CC1. The van der Waals surface area contributed by atoms with Crippen LogP contribution < -0.4 is 4.90 Å². The van der Waals surface area contributed by atoms with Crippen LogP contribution in [-0.2, 0) is 12.8 Å². The predicted molar refractivity (Wildman–Crippen MR) is 104 cm³/mol. The fraction of sp³-hybridized carbons (Fsp3) is 0.524. The number of hydrogen-bond donors (Lipinski definition) is 1. The molecule has 0 aliphatic carbocycles. The number of carbonyl (C=O) groups is 1. The van der Waals surface area contributed by atoms with E-state index in [0.717, 1.165) is 68.2 Å². The Morgan fingerprint density at radius 1 is 1.15 bits per heavy atom. The first-order valence-electron chi connectivity index (χ1n) is 10.1. The number of nitrogens with zero attached hydrogens (tertiary/aromatic N) is 3. The van der Waals surface area contributed by atoms with Gasteiger partial charge in [-0.05, 0) is 44.0 Å². The van der Waals surface area contributed by atoms with Crippen LogP contribution in [0, 0.1) is 5.82 Å². The summed E-state index contributed by atoms with van der Waals surface area (Å²) in [6.45, 7) is 11.0. The maximum atomic E-state index is 13.4. The largest absolute Gasteiger partial charge is 0.332 e. The first kappa shape index (κ1) is 19.5. The number of likely N-dealkylation sites (N-methyl/N-ethyl adjacent to an activating group) is 1. The first-order valence-corrected chi connectivity index (χ1v) is 10.1. The number of aromatic nitrogens is 2. The molecule has 1 aliphatic heterocycles. The van der Waals surface area contributed by atoms with Gasteiger partial charge in [0.25, 0.3) is 5.91 Å². The third kappa shape index (κ3) is 4.05. The monoisotopic (exact) mass is 373 g/mol. The molecule has 1 aromatic heterocycles. The van der Waals surface area contributed by atoms with E-state index in [1.165, 1.54) is 12.1 Å². The van der Waals surface area contributed by atoms with Crippen molar-refractivity contribution in [2.75, 3.05) is 32.7 Å². The van der Waals surface area contributed by atoms with Crippen molar-refractivity contribution < 1.29 is 14.1 Å². The molecule has 0 atom stereocenters. The number of quaternary nitrogens is 1. The Balaban J connectivity index is 1.97. The van der Waals surface area contributed by atoms with Gasteiger partial charge in [0.05, 0.1) is 55.4 Å². The molecule has 0 radical (unpaired) electrons. The summed E-state index contributed by atoms with van der Waals surface area (Å²) < 4.78 is 15.2. The smallest absolute Gasteiger partial charge is 0.258 e. The van der Waals surface area contributed by atoms with Gasteiger partial charge in [-0.2, -0.15) is 5.10 Å². The molecule has 1 fully saturated rings. The van der Waals surface area contributed by atoms with Crippen molar-refractivity contribution in [3.63, 3.8) is 0 Å². The van der Waals surface area contributed by atoms with Gasteiger partial charge >= 0.3 is 0 Å². The van der Waals surface area contributed by atoms with E-state index in [4.69, 9.17) is 5.10 Å². The minimum atomic E-state index is -0.273. The first-order chi connectivity index (χ1) is 13.1. The van der Waals surface area contributed by atoms with Crippen LogP contribution in [0.3, 0.4) is 0 Å². The van der Waals surface area contributed by atoms with Crippen molar-refractivity contribution in [3.8, 4) is 5.69 Å². The molecule has 1 saturated heterocycles. The Kier molecular flexibility index (Phi) is 6.26. The van der Waals surface area contributed by atoms with Crippen molar-refractivity contribution in [2.45, 2.75) is 40.0 Å². The zero-order valence-corrected chi connectivity index (χ0v) is 16.6. The molecule has 2 aromatic rings. The molecule has 1 amide bonds. The number of halogens is 1. The van der Waals surface area contributed by atoms with Crippen LogP contribution in [0.4, 0.5) is 4.39 Å². The predicted octanol–water partition coefficient (Wildman–Crippen LogP) is 1.89. The normalized spacial score (nSPS) is 15.3. The van der Waals surface area contributed by atoms with Crippen molar-refractivity contribution in [3.05, 3.63) is 47.0 Å². The lowest BCUT2D eigenvalue weighted by molar-refractivity contribution is -0.902. The van der Waals surface area contributed by atoms with Crippen LogP contribution in [0.25, 0.3) is 5.69 Å². The summed E-state index contributed by atoms with van der Waals surface area (Å²) in [5.74, 6) is -0.177. The molecule has 1 aromatic carbocycles. The van der Waals surface area contributed by atoms with E-state index in [1.807, 2.05) is 16.5 Å². The number of carbonyl (C=O) groups excluding carboxylic acids is 1. The molecule has 27 heavy (non-hydrogen) atoms. The standard InChI is InChI=1S/C21H29FN4O/c1-4-7-18-20(21(27)25-14-12-24(6-3)13-15-25)19(5-2)26(23-18)17-10-8-16(22)9-11-17/h8-11H,4-7,12-15H2,1-3H3/p+1. The van der Waals surface area contributed by atoms with Gasteiger partial charge in [0, 0.05) is 0 Å². The summed E-state index contributed by atoms with van der Waals surface area (Å²) in [5.41, 5.74) is 3.32. The zero-order valence-electron chi connectivity index (χ0n) is 16.6. The second kappa shape index (κ2) is 8.65. The summed E-state index contributed by atoms with van der Waals surface area (Å²) in [6, 6.07) is 6.30. The van der Waals surface area contributed by atoms with E-state index in [9.17, 15) is 9.18 Å². The van der Waals surface area contributed by atoms with Crippen LogP contribution in [-0.4, -0.2) is 53.3 Å². The van der Waals surface area contributed by atoms with Crippen molar-refractivity contribution in [1.29, 1.82) is 0 Å². The quantitative estimate of drug-likeness (QED) is 0.840. The lowest BCUT2D eigenvalue weighted by atomic mass is 10.1. The van der Waals surface area contributed by atoms with Gasteiger partial charge in [-0.15, -0.1) is 0 Å². The summed E-state index contributed by atoms with van der Waals surface area (Å²) in [4.78, 5) is 16.9. The van der Waals surface area contributed by atoms with Crippen LogP contribution in [0.2, 0.25) is 0 Å². The molecule has 1 aliphatic rings. The number of piperazine rings is 1. The van der Waals surface area contributed by atoms with E-state index in [2.05, 4.69) is 13.8 Å². The number of aryl methyl sites for hydroxylation is 1. The average Bonchev–Trinajstić information content (AvgIpc) is 3.06. The third-order valence-electron chi connectivity index (χ3n) is 5.42. The second-order valence-electron chi connectivity index (χ2n) is 7.16. The molecule has 3 rings (SSSR count). The summed E-state index contributed by atoms with van der Waals surface area (Å²) in [6.07, 6.45) is 2.40. The van der Waals surface area contributed by atoms with Gasteiger partial charge in [-0.3, -0.25) is 4.79 Å². The van der Waals surface area contributed by atoms with Gasteiger partial charge in [0.15, 0.2) is 0 Å². The van der Waals surface area contributed by atoms with Gasteiger partial charge in [-0.25, -0.2) is 9.07 Å². The van der Waals surface area contributed by atoms with Crippen LogP contribution in [0.5, 0.6) is 0 Å². The second-order valence-corrected chi connectivity index (χ2v) is 7.16. The van der Waals surface area contributed by atoms with Gasteiger partial charge in [0.2, 0.25) is 0 Å². The molecule has 5 nitrogen and oxygen atoms in total. The van der Waals surface area contributed by atoms with Crippen molar-refractivity contribution in [2.24, 2.45) is 0 Å². The highest BCUT2D eigenvalue weighted by Gasteiger charge is 2.29. The van der Waals surface area contributed by atoms with E-state index >= 15 is 0 Å². The Labute approximate surface area is 160 Å². The summed E-state index contributed by atoms with van der Waals surface area (Å²) in [5, 5.41) is 4.76. The molecule has 0 unspecified atom stereocenters. The number of rotatable bonds is 6. The minimum absolute atomic E-state index is 0.0961. The number of hydrogen-bond acceptors (Lipinski definition) is 2. The van der Waals surface area contributed by atoms with E-state index in [-0.39, 0.29) is 11.7 Å². The highest BCUT2D eigenvalue weighted by Crippen LogP contribution is 2.23. The van der Waals surface area contributed by atoms with Crippen molar-refractivity contribution >= 4 is 5.91 Å². The maximum Gasteiger partial charge on any atom is 0.258 e. The van der Waals surface area contributed by atoms with Crippen LogP contribution in [0.1, 0.15) is 48.9 Å². The Hall–Kier alpha value is -2.21. The number of benzene rings is 1. The minimum Gasteiger partial charge on any atom is -0.332 e. The Morgan fingerprint density at radius 2 is 1.81 bits per heavy atom. The fourth-order valence-electron chi connectivity index (χ4n) is 3.82. The lowest BCUT2D eigenvalue weighted by Gasteiger charge is -2.31. The Morgan fingerprint density at radius 3 is 2.37 bits per heavy atom. The van der Waals surface area contributed by atoms with Gasteiger partial charge in [0.1, 0.15) is 5.82 Å². The molecular weight excluding hydrogens is 343 g/mol. The molecule has 0 spiro atoms. The summed E-state index contributed by atoms with van der Waals surface area (Å²) in [7, 11) is 0. The topological polar surface area (TPSA) is 42.6 Å². The van der Waals surface area contributed by atoms with Gasteiger partial charge < -0.3 is 9.80 Å². The Bertz CT molecular complexity index is 776. The molecule has 6 heteroatoms. The van der Waals surface area contributed by atoms with Gasteiger partial charge in [-0.1, -0.05) is 20.3 Å². The molecule has 0 saturated carbocycles. The van der Waals surface area contributed by atoms with E-state index in [0.29, 0.717) is 6.42 Å². The van der Waals surface area contributed by atoms with Crippen LogP contribution in [0.15, 0.2) is 24.3 Å². The highest BCUT2D eigenvalue weighted by molar-refractivity contribution is 5.96. The average molecular weight is 373 g/mol. The molecule has 146 valence electrons. The summed E-state index contributed by atoms with van der Waals surface area (Å²) >= 11 is 0. The van der Waals surface area contributed by atoms with E-state index < -0.39 is 0 Å². The van der Waals surface area contributed by atoms with E-state index in [1.54, 1.807) is 17.0 Å². The lowest BCUT2D eigenvalue weighted by Crippen LogP contribution is -3.14. The van der Waals surface area contributed by atoms with Crippen molar-refractivity contribution in [1.82, 2.24) is 14.7 Å². The maximum absolute atomic E-state index is 13.4. The molecule has 2 heterocycles. The molecule has 0 bridgehead atoms. The molecular formula is C21H30FN4O+. The highest BCUT2D eigenvalue weighted by atomic mass is 19.1.